The summed E-state index contributed by atoms with van der Waals surface area (Å²) in [6, 6.07) is 7.29. The van der Waals surface area contributed by atoms with E-state index in [4.69, 9.17) is 10.5 Å². The Morgan fingerprint density at radius 1 is 1.38 bits per heavy atom. The third-order valence-corrected chi connectivity index (χ3v) is 1.80. The van der Waals surface area contributed by atoms with Crippen LogP contribution in [-0.2, 0) is 9.53 Å². The Bertz CT molecular complexity index is 370. The number of esters is 1. The molecule has 1 aromatic carbocycles. The normalized spacial score (nSPS) is 10.9. The van der Waals surface area contributed by atoms with Crippen molar-refractivity contribution >= 4 is 17.3 Å². The van der Waals surface area contributed by atoms with Gasteiger partial charge in [-0.1, -0.05) is 12.1 Å². The predicted octanol–water partition coefficient (Wildman–Crippen LogP) is 2.02. The maximum absolute atomic E-state index is 11.4. The molecule has 16 heavy (non-hydrogen) atoms. The van der Waals surface area contributed by atoms with Crippen LogP contribution in [0.4, 0.5) is 11.4 Å². The van der Waals surface area contributed by atoms with Gasteiger partial charge in [0.2, 0.25) is 0 Å². The summed E-state index contributed by atoms with van der Waals surface area (Å²) in [5, 5.41) is 2.94. The van der Waals surface area contributed by atoms with Crippen molar-refractivity contribution in [3.8, 4) is 0 Å². The number of rotatable bonds is 3. The average Bonchev–Trinajstić information content (AvgIpc) is 2.14. The summed E-state index contributed by atoms with van der Waals surface area (Å²) in [6.07, 6.45) is 0. The molecule has 1 aromatic rings. The lowest BCUT2D eigenvalue weighted by Crippen LogP contribution is -2.28. The van der Waals surface area contributed by atoms with Crippen molar-refractivity contribution in [2.75, 3.05) is 17.6 Å². The fraction of sp³-hybridized carbons (Fsp3) is 0.417. The van der Waals surface area contributed by atoms with E-state index in [-0.39, 0.29) is 12.5 Å². The van der Waals surface area contributed by atoms with E-state index in [2.05, 4.69) is 5.32 Å². The highest BCUT2D eigenvalue weighted by molar-refractivity contribution is 5.77. The molecule has 0 unspecified atom stereocenters. The van der Waals surface area contributed by atoms with Crippen LogP contribution in [0.25, 0.3) is 0 Å². The monoisotopic (exact) mass is 222 g/mol. The van der Waals surface area contributed by atoms with Gasteiger partial charge in [0.1, 0.15) is 12.1 Å². The number of nitrogen functional groups attached to an aromatic ring is 1. The average molecular weight is 222 g/mol. The second kappa shape index (κ2) is 4.88. The lowest BCUT2D eigenvalue weighted by Gasteiger charge is -2.19. The topological polar surface area (TPSA) is 64.3 Å². The van der Waals surface area contributed by atoms with Crippen LogP contribution in [0.3, 0.4) is 0 Å². The van der Waals surface area contributed by atoms with E-state index < -0.39 is 5.60 Å². The van der Waals surface area contributed by atoms with Gasteiger partial charge in [0.05, 0.1) is 11.4 Å². The van der Waals surface area contributed by atoms with Gasteiger partial charge in [-0.2, -0.15) is 0 Å². The SMILES string of the molecule is CC(C)(C)OC(=O)CNc1ccccc1N. The molecule has 0 atom stereocenters. The van der Waals surface area contributed by atoms with Crippen molar-refractivity contribution in [1.29, 1.82) is 0 Å². The number of hydrogen-bond donors (Lipinski definition) is 2. The number of benzene rings is 1. The summed E-state index contributed by atoms with van der Waals surface area (Å²) < 4.78 is 5.16. The maximum atomic E-state index is 11.4. The third-order valence-electron chi connectivity index (χ3n) is 1.80. The zero-order valence-corrected chi connectivity index (χ0v) is 9.91. The van der Waals surface area contributed by atoms with E-state index in [1.165, 1.54) is 0 Å². The highest BCUT2D eigenvalue weighted by Crippen LogP contribution is 2.16. The van der Waals surface area contributed by atoms with Gasteiger partial charge < -0.3 is 15.8 Å². The van der Waals surface area contributed by atoms with Crippen LogP contribution in [0.2, 0.25) is 0 Å². The van der Waals surface area contributed by atoms with Crippen molar-refractivity contribution in [1.82, 2.24) is 0 Å². The van der Waals surface area contributed by atoms with Crippen LogP contribution >= 0.6 is 0 Å². The lowest BCUT2D eigenvalue weighted by molar-refractivity contribution is -0.152. The smallest absolute Gasteiger partial charge is 0.325 e. The van der Waals surface area contributed by atoms with Crippen molar-refractivity contribution in [3.05, 3.63) is 24.3 Å². The number of para-hydroxylation sites is 2. The lowest BCUT2D eigenvalue weighted by atomic mass is 10.2. The number of nitrogens with two attached hydrogens (primary N) is 1. The molecular weight excluding hydrogens is 204 g/mol. The molecule has 0 fully saturated rings. The zero-order valence-electron chi connectivity index (χ0n) is 9.91. The minimum absolute atomic E-state index is 0.117. The third kappa shape index (κ3) is 4.21. The fourth-order valence-electron chi connectivity index (χ4n) is 1.20. The summed E-state index contributed by atoms with van der Waals surface area (Å²) in [4.78, 5) is 11.4. The highest BCUT2D eigenvalue weighted by atomic mass is 16.6. The molecule has 0 heterocycles. The summed E-state index contributed by atoms with van der Waals surface area (Å²) in [5.41, 5.74) is 6.62. The van der Waals surface area contributed by atoms with Crippen LogP contribution in [0.15, 0.2) is 24.3 Å². The zero-order chi connectivity index (χ0) is 12.2. The van der Waals surface area contributed by atoms with E-state index in [0.29, 0.717) is 5.69 Å². The molecule has 0 saturated heterocycles. The van der Waals surface area contributed by atoms with Crippen LogP contribution in [0.5, 0.6) is 0 Å². The Balaban J connectivity index is 2.47. The summed E-state index contributed by atoms with van der Waals surface area (Å²) in [5.74, 6) is -0.296. The quantitative estimate of drug-likeness (QED) is 0.606. The first kappa shape index (κ1) is 12.4. The van der Waals surface area contributed by atoms with Gasteiger partial charge in [-0.15, -0.1) is 0 Å². The Morgan fingerprint density at radius 2 is 2.00 bits per heavy atom. The number of carbonyl (C=O) groups is 1. The largest absolute Gasteiger partial charge is 0.459 e. The summed E-state index contributed by atoms with van der Waals surface area (Å²) in [7, 11) is 0. The van der Waals surface area contributed by atoms with Gasteiger partial charge in [-0.05, 0) is 32.9 Å². The standard InChI is InChI=1S/C12H18N2O2/c1-12(2,3)16-11(15)8-14-10-7-5-4-6-9(10)13/h4-7,14H,8,13H2,1-3H3. The Morgan fingerprint density at radius 3 is 2.56 bits per heavy atom. The van der Waals surface area contributed by atoms with E-state index in [1.54, 1.807) is 6.07 Å². The van der Waals surface area contributed by atoms with Crippen molar-refractivity contribution in [2.24, 2.45) is 0 Å². The van der Waals surface area contributed by atoms with Crippen molar-refractivity contribution < 1.29 is 9.53 Å². The molecule has 0 aromatic heterocycles. The molecule has 3 N–H and O–H groups in total. The van der Waals surface area contributed by atoms with Crippen LogP contribution < -0.4 is 11.1 Å². The van der Waals surface area contributed by atoms with Crippen LogP contribution in [0.1, 0.15) is 20.8 Å². The molecule has 0 aliphatic carbocycles. The molecule has 0 amide bonds. The van der Waals surface area contributed by atoms with Gasteiger partial charge in [-0.3, -0.25) is 4.79 Å². The van der Waals surface area contributed by atoms with E-state index in [0.717, 1.165) is 5.69 Å². The number of hydrogen-bond acceptors (Lipinski definition) is 4. The summed E-state index contributed by atoms with van der Waals surface area (Å²) >= 11 is 0. The molecule has 0 aliphatic heterocycles. The van der Waals surface area contributed by atoms with Crippen molar-refractivity contribution in [2.45, 2.75) is 26.4 Å². The minimum atomic E-state index is -0.457. The van der Waals surface area contributed by atoms with Crippen LogP contribution in [0, 0.1) is 0 Å². The van der Waals surface area contributed by atoms with Gasteiger partial charge in [-0.25, -0.2) is 0 Å². The first-order chi connectivity index (χ1) is 7.38. The maximum Gasteiger partial charge on any atom is 0.325 e. The molecule has 88 valence electrons. The molecule has 0 radical (unpaired) electrons. The number of carbonyl (C=O) groups excluding carboxylic acids is 1. The van der Waals surface area contributed by atoms with Gasteiger partial charge in [0, 0.05) is 0 Å². The van der Waals surface area contributed by atoms with Gasteiger partial charge in [0.25, 0.3) is 0 Å². The number of nitrogens with one attached hydrogen (secondary N) is 1. The first-order valence-electron chi connectivity index (χ1n) is 5.19. The molecule has 0 saturated carbocycles. The van der Waals surface area contributed by atoms with Gasteiger partial charge in [0.15, 0.2) is 0 Å². The minimum Gasteiger partial charge on any atom is -0.459 e. The molecule has 4 heteroatoms. The first-order valence-corrected chi connectivity index (χ1v) is 5.19. The predicted molar refractivity (Wildman–Crippen MR) is 65.2 cm³/mol. The fourth-order valence-corrected chi connectivity index (χ4v) is 1.20. The highest BCUT2D eigenvalue weighted by Gasteiger charge is 2.15. The Labute approximate surface area is 95.8 Å². The molecule has 1 rings (SSSR count). The van der Waals surface area contributed by atoms with Crippen molar-refractivity contribution in [3.63, 3.8) is 0 Å². The Kier molecular flexibility index (Phi) is 3.77. The van der Waals surface area contributed by atoms with Gasteiger partial charge >= 0.3 is 5.97 Å². The second-order valence-corrected chi connectivity index (χ2v) is 4.53. The number of anilines is 2. The molecule has 4 nitrogen and oxygen atoms in total. The molecular formula is C12H18N2O2. The molecule has 0 spiro atoms. The molecule has 0 aliphatic rings. The van der Waals surface area contributed by atoms with Crippen LogP contribution in [-0.4, -0.2) is 18.1 Å². The molecule has 0 bridgehead atoms. The second-order valence-electron chi connectivity index (χ2n) is 4.53. The summed E-state index contributed by atoms with van der Waals surface area (Å²) in [6.45, 7) is 5.62. The number of ether oxygens (including phenoxy) is 1. The van der Waals surface area contributed by atoms with E-state index in [9.17, 15) is 4.79 Å². The van der Waals surface area contributed by atoms with E-state index >= 15 is 0 Å². The van der Waals surface area contributed by atoms with E-state index in [1.807, 2.05) is 39.0 Å². The Hall–Kier alpha value is -1.71.